The minimum Gasteiger partial charge on any atom is -0.469 e. The van der Waals surface area contributed by atoms with Crippen LogP contribution in [0, 0.1) is 29.6 Å². The highest BCUT2D eigenvalue weighted by molar-refractivity contribution is 5.87. The first-order valence-corrected chi connectivity index (χ1v) is 10.6. The number of fused-ring (bicyclic) bond motifs is 2. The predicted octanol–water partition coefficient (Wildman–Crippen LogP) is 3.73. The zero-order chi connectivity index (χ0) is 19.8. The minimum atomic E-state index is -0.292. The van der Waals surface area contributed by atoms with E-state index >= 15 is 0 Å². The van der Waals surface area contributed by atoms with Crippen molar-refractivity contribution in [1.29, 1.82) is 0 Å². The smallest absolute Gasteiger partial charge is 0.310 e. The highest BCUT2D eigenvalue weighted by atomic mass is 16.5. The summed E-state index contributed by atoms with van der Waals surface area (Å²) in [6, 6.07) is 0. The Bertz CT molecular complexity index is 510. The van der Waals surface area contributed by atoms with Crippen LogP contribution in [-0.2, 0) is 19.1 Å². The minimum absolute atomic E-state index is 0.0148. The summed E-state index contributed by atoms with van der Waals surface area (Å²) < 4.78 is 10.1. The second-order valence-corrected chi connectivity index (χ2v) is 8.53. The summed E-state index contributed by atoms with van der Waals surface area (Å²) >= 11 is 0. The summed E-state index contributed by atoms with van der Waals surface area (Å²) in [5.74, 6) is 0.273. The Labute approximate surface area is 164 Å². The number of nitrogens with one attached hydrogen (secondary N) is 1. The van der Waals surface area contributed by atoms with Crippen LogP contribution in [0.1, 0.15) is 59.3 Å². The Hall–Kier alpha value is -1.36. The van der Waals surface area contributed by atoms with Crippen LogP contribution in [0.5, 0.6) is 0 Å². The van der Waals surface area contributed by atoms with Crippen LogP contribution < -0.4 is 5.32 Å². The molecule has 1 amide bonds. The highest BCUT2D eigenvalue weighted by Crippen LogP contribution is 2.48. The molecule has 3 rings (SSSR count). The summed E-state index contributed by atoms with van der Waals surface area (Å²) in [7, 11) is 1.40. The maximum absolute atomic E-state index is 12.4. The van der Waals surface area contributed by atoms with Gasteiger partial charge in [-0.05, 0) is 63.2 Å². The van der Waals surface area contributed by atoms with Gasteiger partial charge in [0.2, 0.25) is 5.91 Å². The summed E-state index contributed by atoms with van der Waals surface area (Å²) in [5, 5.41) is 2.99. The van der Waals surface area contributed by atoms with Crippen molar-refractivity contribution in [2.24, 2.45) is 29.6 Å². The van der Waals surface area contributed by atoms with Crippen molar-refractivity contribution in [3.63, 3.8) is 0 Å². The Balaban J connectivity index is 0.000000313. The molecule has 5 unspecified atom stereocenters. The summed E-state index contributed by atoms with van der Waals surface area (Å²) in [6.07, 6.45) is 11.6. The maximum atomic E-state index is 12.4. The van der Waals surface area contributed by atoms with E-state index in [1.54, 1.807) is 0 Å². The van der Waals surface area contributed by atoms with Crippen LogP contribution in [0.15, 0.2) is 12.2 Å². The molecule has 5 atom stereocenters. The van der Waals surface area contributed by atoms with Crippen LogP contribution in [0.3, 0.4) is 0 Å². The number of hydrogen-bond acceptors (Lipinski definition) is 4. The van der Waals surface area contributed by atoms with E-state index in [-0.39, 0.29) is 35.5 Å². The standard InChI is InChI=1S/C16H25NO3.C6H12O/c1-10(2)5-4-8-17-15(18)13-11-6-7-12(9-11)14(13)16(19)20-3;1-6-4-2-3-5-7-6/h6-7,10-14H,4-5,8-9H2,1-3H3,(H,17,18);6H,2-5H2,1H3. The summed E-state index contributed by atoms with van der Waals surface area (Å²) in [5.41, 5.74) is 0. The fourth-order valence-electron chi connectivity index (χ4n) is 4.38. The average molecular weight is 380 g/mol. The van der Waals surface area contributed by atoms with E-state index in [9.17, 15) is 9.59 Å². The average Bonchev–Trinajstić information content (AvgIpc) is 3.27. The topological polar surface area (TPSA) is 64.6 Å². The molecule has 0 aromatic carbocycles. The Morgan fingerprint density at radius 1 is 1.19 bits per heavy atom. The molecule has 1 saturated heterocycles. The van der Waals surface area contributed by atoms with Gasteiger partial charge >= 0.3 is 5.97 Å². The number of ether oxygens (including phenoxy) is 2. The number of esters is 1. The molecule has 2 aliphatic carbocycles. The first-order chi connectivity index (χ1) is 12.9. The zero-order valence-electron chi connectivity index (χ0n) is 17.4. The lowest BCUT2D eigenvalue weighted by Crippen LogP contribution is -2.40. The van der Waals surface area contributed by atoms with Crippen LogP contribution in [0.2, 0.25) is 0 Å². The lowest BCUT2D eigenvalue weighted by molar-refractivity contribution is -0.151. The largest absolute Gasteiger partial charge is 0.469 e. The van der Waals surface area contributed by atoms with Gasteiger partial charge in [-0.1, -0.05) is 26.0 Å². The maximum Gasteiger partial charge on any atom is 0.310 e. The van der Waals surface area contributed by atoms with E-state index in [0.29, 0.717) is 18.6 Å². The van der Waals surface area contributed by atoms with Crippen molar-refractivity contribution >= 4 is 11.9 Å². The normalized spacial score (nSPS) is 31.4. The lowest BCUT2D eigenvalue weighted by atomic mass is 9.82. The first kappa shape index (κ1) is 21.9. The number of amides is 1. The van der Waals surface area contributed by atoms with Crippen LogP contribution >= 0.6 is 0 Å². The third-order valence-corrected chi connectivity index (χ3v) is 5.90. The molecular weight excluding hydrogens is 342 g/mol. The van der Waals surface area contributed by atoms with Crippen molar-refractivity contribution in [3.05, 3.63) is 12.2 Å². The molecule has 5 nitrogen and oxygen atoms in total. The Morgan fingerprint density at radius 3 is 2.41 bits per heavy atom. The second-order valence-electron chi connectivity index (χ2n) is 8.53. The van der Waals surface area contributed by atoms with Gasteiger partial charge in [-0.15, -0.1) is 0 Å². The van der Waals surface area contributed by atoms with E-state index in [1.807, 2.05) is 0 Å². The highest BCUT2D eigenvalue weighted by Gasteiger charge is 2.51. The SMILES string of the molecule is CC1CCCCO1.COC(=O)C1C2C=CC(C2)C1C(=O)NCCCC(C)C. The number of rotatable bonds is 6. The monoisotopic (exact) mass is 379 g/mol. The summed E-state index contributed by atoms with van der Waals surface area (Å²) in [6.45, 7) is 8.18. The third-order valence-electron chi connectivity index (χ3n) is 5.90. The molecule has 0 aromatic rings. The van der Waals surface area contributed by atoms with Gasteiger partial charge in [0.15, 0.2) is 0 Å². The molecule has 3 aliphatic rings. The van der Waals surface area contributed by atoms with Gasteiger partial charge in [-0.25, -0.2) is 0 Å². The number of hydrogen-bond donors (Lipinski definition) is 1. The van der Waals surface area contributed by atoms with Crippen LogP contribution in [-0.4, -0.2) is 38.2 Å². The fourth-order valence-corrected chi connectivity index (χ4v) is 4.38. The van der Waals surface area contributed by atoms with E-state index in [2.05, 4.69) is 38.2 Å². The van der Waals surface area contributed by atoms with Gasteiger partial charge in [-0.2, -0.15) is 0 Å². The van der Waals surface area contributed by atoms with Gasteiger partial charge < -0.3 is 14.8 Å². The van der Waals surface area contributed by atoms with E-state index in [1.165, 1.54) is 26.4 Å². The van der Waals surface area contributed by atoms with Crippen LogP contribution in [0.4, 0.5) is 0 Å². The Morgan fingerprint density at radius 2 is 1.89 bits per heavy atom. The fraction of sp³-hybridized carbons (Fsp3) is 0.818. The molecule has 0 spiro atoms. The molecule has 2 fully saturated rings. The van der Waals surface area contributed by atoms with Crippen molar-refractivity contribution in [1.82, 2.24) is 5.32 Å². The predicted molar refractivity (Wildman–Crippen MR) is 106 cm³/mol. The van der Waals surface area contributed by atoms with Gasteiger partial charge in [0, 0.05) is 13.2 Å². The number of carbonyl (C=O) groups excluding carboxylic acids is 2. The van der Waals surface area contributed by atoms with Gasteiger partial charge in [0.1, 0.15) is 0 Å². The molecule has 5 heteroatoms. The van der Waals surface area contributed by atoms with Crippen molar-refractivity contribution < 1.29 is 19.1 Å². The number of methoxy groups -OCH3 is 1. The van der Waals surface area contributed by atoms with E-state index < -0.39 is 0 Å². The molecule has 27 heavy (non-hydrogen) atoms. The molecule has 1 N–H and O–H groups in total. The third kappa shape index (κ3) is 6.34. The zero-order valence-corrected chi connectivity index (χ0v) is 17.4. The van der Waals surface area contributed by atoms with Gasteiger partial charge in [0.05, 0.1) is 25.0 Å². The molecule has 0 radical (unpaired) electrons. The molecule has 154 valence electrons. The van der Waals surface area contributed by atoms with Crippen molar-refractivity contribution in [2.75, 3.05) is 20.3 Å². The lowest BCUT2D eigenvalue weighted by Gasteiger charge is -2.25. The molecule has 0 aromatic heterocycles. The number of carbonyl (C=O) groups is 2. The first-order valence-electron chi connectivity index (χ1n) is 10.6. The molecule has 2 bridgehead atoms. The van der Waals surface area contributed by atoms with E-state index in [0.717, 1.165) is 25.9 Å². The van der Waals surface area contributed by atoms with Crippen molar-refractivity contribution in [3.8, 4) is 0 Å². The quantitative estimate of drug-likeness (QED) is 0.434. The van der Waals surface area contributed by atoms with Gasteiger partial charge in [-0.3, -0.25) is 9.59 Å². The molecule has 1 saturated carbocycles. The summed E-state index contributed by atoms with van der Waals surface area (Å²) in [4.78, 5) is 24.3. The molecule has 1 heterocycles. The molecule has 1 aliphatic heterocycles. The Kier molecular flexibility index (Phi) is 8.81. The van der Waals surface area contributed by atoms with E-state index in [4.69, 9.17) is 9.47 Å². The van der Waals surface area contributed by atoms with Gasteiger partial charge in [0.25, 0.3) is 0 Å². The second kappa shape index (κ2) is 10.8. The molecular formula is C22H37NO4. The van der Waals surface area contributed by atoms with Crippen LogP contribution in [0.25, 0.3) is 0 Å². The number of allylic oxidation sites excluding steroid dienone is 2. The van der Waals surface area contributed by atoms with Crippen molar-refractivity contribution in [2.45, 2.75) is 65.4 Å².